The molecule has 0 saturated carbocycles. The molecule has 4 nitrogen and oxygen atoms in total. The minimum absolute atomic E-state index is 0.368. The molecule has 0 radical (unpaired) electrons. The van der Waals surface area contributed by atoms with E-state index in [4.69, 9.17) is 29.2 Å². The third kappa shape index (κ3) is 5.37. The van der Waals surface area contributed by atoms with Gasteiger partial charge in [0, 0.05) is 18.8 Å². The Morgan fingerprint density at radius 1 is 1.44 bits per heavy atom. The lowest BCUT2D eigenvalue weighted by atomic mass is 10.2. The second-order valence-electron chi connectivity index (χ2n) is 3.74. The third-order valence-electron chi connectivity index (χ3n) is 2.35. The minimum atomic E-state index is -0.368. The highest BCUT2D eigenvalue weighted by atomic mass is 32.1. The van der Waals surface area contributed by atoms with Crippen molar-refractivity contribution in [1.82, 2.24) is 9.55 Å². The molecule has 0 aromatic carbocycles. The van der Waals surface area contributed by atoms with Crippen LogP contribution in [0.1, 0.15) is 19.3 Å². The number of aromatic amines is 1. The van der Waals surface area contributed by atoms with E-state index in [1.807, 2.05) is 16.8 Å². The van der Waals surface area contributed by atoms with Crippen LogP contribution in [0.5, 0.6) is 0 Å². The molecule has 0 atom stereocenters. The molecule has 0 bridgehead atoms. The van der Waals surface area contributed by atoms with Crippen molar-refractivity contribution in [3.05, 3.63) is 34.3 Å². The molecule has 18 heavy (non-hydrogen) atoms. The van der Waals surface area contributed by atoms with Crippen LogP contribution in [0.3, 0.4) is 0 Å². The number of carbonyl (C=O) groups is 1. The molecule has 0 aliphatic heterocycles. The Morgan fingerprint density at radius 2 is 2.22 bits per heavy atom. The van der Waals surface area contributed by atoms with Crippen molar-refractivity contribution >= 4 is 30.4 Å². The average Bonchev–Trinajstić information content (AvgIpc) is 2.35. The fourth-order valence-electron chi connectivity index (χ4n) is 1.41. The number of ether oxygens (including phenoxy) is 1. The summed E-state index contributed by atoms with van der Waals surface area (Å²) in [5, 5.41) is 0. The van der Waals surface area contributed by atoms with Gasteiger partial charge in [-0.15, -0.1) is 0 Å². The number of nitrogens with zero attached hydrogens (tertiary/aromatic N) is 1. The van der Waals surface area contributed by atoms with Crippen LogP contribution < -0.4 is 0 Å². The molecule has 0 aliphatic carbocycles. The van der Waals surface area contributed by atoms with Gasteiger partial charge in [-0.2, -0.15) is 0 Å². The molecule has 98 valence electrons. The van der Waals surface area contributed by atoms with Gasteiger partial charge in [0.1, 0.15) is 4.64 Å². The quantitative estimate of drug-likeness (QED) is 0.361. The second kappa shape index (κ2) is 7.94. The molecule has 0 unspecified atom stereocenters. The molecule has 1 aromatic heterocycles. The Kier molecular flexibility index (Phi) is 6.53. The van der Waals surface area contributed by atoms with E-state index in [0.29, 0.717) is 16.0 Å². The SMILES string of the molecule is C=CC(=O)OCCCCCn1ccc(=S)[nH]c1=S. The third-order valence-corrected chi connectivity index (χ3v) is 2.93. The van der Waals surface area contributed by atoms with E-state index in [2.05, 4.69) is 11.6 Å². The van der Waals surface area contributed by atoms with Crippen LogP contribution in [0.4, 0.5) is 0 Å². The molecule has 1 heterocycles. The molecule has 1 N–H and O–H groups in total. The summed E-state index contributed by atoms with van der Waals surface area (Å²) in [4.78, 5) is 13.7. The summed E-state index contributed by atoms with van der Waals surface area (Å²) < 4.78 is 8.11. The number of esters is 1. The molecular formula is C12H16N2O2S2. The highest BCUT2D eigenvalue weighted by Gasteiger charge is 1.96. The lowest BCUT2D eigenvalue weighted by molar-refractivity contribution is -0.137. The number of unbranched alkanes of at least 4 members (excludes halogenated alkanes) is 2. The topological polar surface area (TPSA) is 47.0 Å². The van der Waals surface area contributed by atoms with Crippen LogP contribution in [0.15, 0.2) is 24.9 Å². The lowest BCUT2D eigenvalue weighted by Crippen LogP contribution is -2.04. The predicted molar refractivity (Wildman–Crippen MR) is 75.5 cm³/mol. The normalized spacial score (nSPS) is 10.0. The largest absolute Gasteiger partial charge is 0.463 e. The van der Waals surface area contributed by atoms with Crippen molar-refractivity contribution in [2.45, 2.75) is 25.8 Å². The summed E-state index contributed by atoms with van der Waals surface area (Å²) >= 11 is 10.1. The summed E-state index contributed by atoms with van der Waals surface area (Å²) in [6.07, 6.45) is 5.85. The maximum absolute atomic E-state index is 10.8. The zero-order valence-electron chi connectivity index (χ0n) is 10.1. The van der Waals surface area contributed by atoms with Crippen molar-refractivity contribution in [3.63, 3.8) is 0 Å². The van der Waals surface area contributed by atoms with Crippen molar-refractivity contribution < 1.29 is 9.53 Å². The van der Waals surface area contributed by atoms with Gasteiger partial charge in [-0.25, -0.2) is 4.79 Å². The Hall–Kier alpha value is -1.27. The Bertz CT molecular complexity index is 519. The average molecular weight is 284 g/mol. The molecule has 0 fully saturated rings. The van der Waals surface area contributed by atoms with Crippen molar-refractivity contribution in [2.24, 2.45) is 0 Å². The molecule has 0 saturated heterocycles. The van der Waals surface area contributed by atoms with E-state index < -0.39 is 0 Å². The summed E-state index contributed by atoms with van der Waals surface area (Å²) in [7, 11) is 0. The highest BCUT2D eigenvalue weighted by molar-refractivity contribution is 7.72. The maximum atomic E-state index is 10.8. The number of hydrogen-bond acceptors (Lipinski definition) is 4. The summed E-state index contributed by atoms with van der Waals surface area (Å²) in [5.41, 5.74) is 0. The lowest BCUT2D eigenvalue weighted by Gasteiger charge is -2.06. The smallest absolute Gasteiger partial charge is 0.330 e. The van der Waals surface area contributed by atoms with E-state index in [1.165, 1.54) is 6.08 Å². The molecule has 1 rings (SSSR count). The summed E-state index contributed by atoms with van der Waals surface area (Å²) in [6.45, 7) is 4.60. The Morgan fingerprint density at radius 3 is 2.89 bits per heavy atom. The van der Waals surface area contributed by atoms with Crippen LogP contribution in [0, 0.1) is 9.41 Å². The standard InChI is InChI=1S/C12H16N2O2S2/c1-2-11(15)16-9-5-3-4-7-14-8-6-10(17)13-12(14)18/h2,6,8H,1,3-5,7,9H2,(H,13,17,18). The van der Waals surface area contributed by atoms with E-state index in [1.54, 1.807) is 0 Å². The van der Waals surface area contributed by atoms with Gasteiger partial charge in [0.05, 0.1) is 6.61 Å². The zero-order chi connectivity index (χ0) is 13.4. The highest BCUT2D eigenvalue weighted by Crippen LogP contribution is 2.01. The molecule has 6 heteroatoms. The maximum Gasteiger partial charge on any atom is 0.330 e. The zero-order valence-corrected chi connectivity index (χ0v) is 11.7. The van der Waals surface area contributed by atoms with Gasteiger partial charge in [0.25, 0.3) is 0 Å². The number of aryl methyl sites for hydroxylation is 1. The van der Waals surface area contributed by atoms with Gasteiger partial charge in [-0.1, -0.05) is 18.8 Å². The first-order valence-electron chi connectivity index (χ1n) is 5.72. The number of nitrogens with one attached hydrogen (secondary N) is 1. The summed E-state index contributed by atoms with van der Waals surface area (Å²) in [5.74, 6) is -0.368. The monoisotopic (exact) mass is 284 g/mol. The molecule has 0 spiro atoms. The van der Waals surface area contributed by atoms with Crippen LogP contribution in [-0.4, -0.2) is 22.1 Å². The fourth-order valence-corrected chi connectivity index (χ4v) is 1.90. The van der Waals surface area contributed by atoms with Gasteiger partial charge in [0.2, 0.25) is 0 Å². The Labute approximate surface area is 116 Å². The van der Waals surface area contributed by atoms with Crippen molar-refractivity contribution in [2.75, 3.05) is 6.61 Å². The number of rotatable bonds is 7. The van der Waals surface area contributed by atoms with Gasteiger partial charge in [-0.3, -0.25) is 0 Å². The van der Waals surface area contributed by atoms with Crippen molar-refractivity contribution in [1.29, 1.82) is 0 Å². The van der Waals surface area contributed by atoms with E-state index >= 15 is 0 Å². The van der Waals surface area contributed by atoms with Crippen LogP contribution in [0.2, 0.25) is 0 Å². The van der Waals surface area contributed by atoms with Gasteiger partial charge >= 0.3 is 5.97 Å². The number of hydrogen-bond donors (Lipinski definition) is 1. The number of H-pyrrole nitrogens is 1. The Balaban J connectivity index is 2.22. The van der Waals surface area contributed by atoms with Crippen LogP contribution in [-0.2, 0) is 16.1 Å². The minimum Gasteiger partial charge on any atom is -0.463 e. The molecule has 0 aliphatic rings. The molecule has 1 aromatic rings. The number of carbonyl (C=O) groups excluding carboxylic acids is 1. The number of aromatic nitrogens is 2. The molecular weight excluding hydrogens is 268 g/mol. The van der Waals surface area contributed by atoms with Crippen LogP contribution in [0.25, 0.3) is 0 Å². The van der Waals surface area contributed by atoms with Crippen molar-refractivity contribution in [3.8, 4) is 0 Å². The van der Waals surface area contributed by atoms with Crippen LogP contribution >= 0.6 is 24.4 Å². The summed E-state index contributed by atoms with van der Waals surface area (Å²) in [6, 6.07) is 1.82. The van der Waals surface area contributed by atoms with Gasteiger partial charge < -0.3 is 14.3 Å². The first-order chi connectivity index (χ1) is 8.63. The fraction of sp³-hybridized carbons (Fsp3) is 0.417. The van der Waals surface area contributed by atoms with Gasteiger partial charge in [0.15, 0.2) is 4.77 Å². The first kappa shape index (κ1) is 14.8. The predicted octanol–water partition coefficient (Wildman–Crippen LogP) is 3.17. The van der Waals surface area contributed by atoms with E-state index in [9.17, 15) is 4.79 Å². The van der Waals surface area contributed by atoms with E-state index in [0.717, 1.165) is 25.8 Å². The van der Waals surface area contributed by atoms with E-state index in [-0.39, 0.29) is 5.97 Å². The van der Waals surface area contributed by atoms with Gasteiger partial charge in [-0.05, 0) is 37.5 Å². The first-order valence-corrected chi connectivity index (χ1v) is 6.54. The molecule has 0 amide bonds. The second-order valence-corrected chi connectivity index (χ2v) is 4.56.